The summed E-state index contributed by atoms with van der Waals surface area (Å²) in [5.41, 5.74) is 0.744. The van der Waals surface area contributed by atoms with Crippen LogP contribution in [-0.4, -0.2) is 64.4 Å². The Labute approximate surface area is 155 Å². The highest BCUT2D eigenvalue weighted by Gasteiger charge is 2.40. The molecule has 1 aliphatic rings. The van der Waals surface area contributed by atoms with Gasteiger partial charge in [-0.25, -0.2) is 13.6 Å². The van der Waals surface area contributed by atoms with E-state index in [2.05, 4.69) is 21.0 Å². The van der Waals surface area contributed by atoms with Crippen molar-refractivity contribution in [1.82, 2.24) is 19.6 Å². The molecule has 0 radical (unpaired) electrons. The second-order valence-corrected chi connectivity index (χ2v) is 8.33. The van der Waals surface area contributed by atoms with Crippen LogP contribution in [-0.2, 0) is 24.2 Å². The molecule has 0 atom stereocenters. The molecule has 1 aromatic heterocycles. The maximum absolute atomic E-state index is 13.4. The van der Waals surface area contributed by atoms with Crippen molar-refractivity contribution in [3.05, 3.63) is 15.9 Å². The van der Waals surface area contributed by atoms with E-state index in [9.17, 15) is 13.6 Å². The lowest BCUT2D eigenvalue weighted by atomic mass is 10.2. The monoisotopic (exact) mass is 422 g/mol. The summed E-state index contributed by atoms with van der Waals surface area (Å²) in [4.78, 5) is 15.4. The van der Waals surface area contributed by atoms with E-state index in [1.165, 1.54) is 9.58 Å². The van der Waals surface area contributed by atoms with Gasteiger partial charge in [0.2, 0.25) is 0 Å². The van der Waals surface area contributed by atoms with Gasteiger partial charge in [0.05, 0.1) is 22.3 Å². The Hall–Kier alpha value is -1.22. The van der Waals surface area contributed by atoms with Crippen LogP contribution in [0.5, 0.6) is 0 Å². The number of fused-ring (bicyclic) bond motifs is 1. The number of halogens is 3. The number of hydrogen-bond acceptors (Lipinski definition) is 4. The summed E-state index contributed by atoms with van der Waals surface area (Å²) >= 11 is 3.39. The number of alkyl halides is 2. The van der Waals surface area contributed by atoms with Gasteiger partial charge in [0.1, 0.15) is 12.1 Å². The van der Waals surface area contributed by atoms with Crippen LogP contribution in [0.1, 0.15) is 32.2 Å². The first-order chi connectivity index (χ1) is 11.4. The zero-order valence-electron chi connectivity index (χ0n) is 15.3. The van der Waals surface area contributed by atoms with Crippen LogP contribution in [0.15, 0.2) is 4.47 Å². The number of nitrogens with zero attached hydrogens (tertiary/aromatic N) is 4. The molecule has 9 heteroatoms. The van der Waals surface area contributed by atoms with Crippen LogP contribution in [0.25, 0.3) is 0 Å². The number of likely N-dealkylation sites (N-methyl/N-ethyl adjacent to an activating group) is 2. The van der Waals surface area contributed by atoms with Gasteiger partial charge in [0.15, 0.2) is 0 Å². The van der Waals surface area contributed by atoms with Crippen molar-refractivity contribution in [3.63, 3.8) is 0 Å². The Kier molecular flexibility index (Phi) is 5.78. The molecule has 0 bridgehead atoms. The standard InChI is InChI=1S/C16H25BrF2N4O2/c1-15(2,3)25-14(24)22(5)7-6-21(4)9-11-13(17)12-8-16(18,19)10-23(12)20-11/h6-10H2,1-5H3. The normalized spacial score (nSPS) is 16.2. The molecule has 1 amide bonds. The molecule has 1 aromatic rings. The molecule has 0 aliphatic carbocycles. The highest BCUT2D eigenvalue weighted by molar-refractivity contribution is 9.10. The van der Waals surface area contributed by atoms with E-state index in [1.807, 2.05) is 32.7 Å². The Morgan fingerprint density at radius 1 is 1.36 bits per heavy atom. The minimum atomic E-state index is -2.72. The molecular formula is C16H25BrF2N4O2. The summed E-state index contributed by atoms with van der Waals surface area (Å²) < 4.78 is 34.1. The van der Waals surface area contributed by atoms with Gasteiger partial charge in [-0.15, -0.1) is 0 Å². The Morgan fingerprint density at radius 2 is 2.00 bits per heavy atom. The van der Waals surface area contributed by atoms with Crippen molar-refractivity contribution in [3.8, 4) is 0 Å². The molecule has 0 spiro atoms. The minimum Gasteiger partial charge on any atom is -0.444 e. The molecule has 0 saturated heterocycles. The van der Waals surface area contributed by atoms with Gasteiger partial charge in [-0.1, -0.05) is 0 Å². The van der Waals surface area contributed by atoms with E-state index in [1.54, 1.807) is 7.05 Å². The quantitative estimate of drug-likeness (QED) is 0.731. The number of hydrogen-bond donors (Lipinski definition) is 0. The average molecular weight is 423 g/mol. The molecule has 0 N–H and O–H groups in total. The van der Waals surface area contributed by atoms with E-state index in [0.29, 0.717) is 29.8 Å². The fourth-order valence-electron chi connectivity index (χ4n) is 2.54. The van der Waals surface area contributed by atoms with Crippen LogP contribution in [0, 0.1) is 0 Å². The molecule has 25 heavy (non-hydrogen) atoms. The van der Waals surface area contributed by atoms with E-state index in [4.69, 9.17) is 4.74 Å². The van der Waals surface area contributed by atoms with E-state index >= 15 is 0 Å². The number of aromatic nitrogens is 2. The van der Waals surface area contributed by atoms with Crippen molar-refractivity contribution in [1.29, 1.82) is 0 Å². The lowest BCUT2D eigenvalue weighted by Gasteiger charge is -2.26. The molecule has 0 saturated carbocycles. The second kappa shape index (κ2) is 7.19. The number of amides is 1. The van der Waals surface area contributed by atoms with Crippen LogP contribution >= 0.6 is 15.9 Å². The summed E-state index contributed by atoms with van der Waals surface area (Å²) in [7, 11) is 3.58. The summed E-state index contributed by atoms with van der Waals surface area (Å²) in [5, 5.41) is 4.28. The third kappa shape index (κ3) is 5.37. The van der Waals surface area contributed by atoms with Crippen molar-refractivity contribution in [2.24, 2.45) is 0 Å². The molecule has 0 fully saturated rings. The molecule has 1 aliphatic heterocycles. The first-order valence-corrected chi connectivity index (χ1v) is 8.92. The van der Waals surface area contributed by atoms with Crippen molar-refractivity contribution in [2.75, 3.05) is 27.2 Å². The zero-order valence-corrected chi connectivity index (χ0v) is 16.9. The predicted octanol–water partition coefficient (Wildman–Crippen LogP) is 3.14. The third-order valence-corrected chi connectivity index (χ3v) is 4.72. The molecule has 0 aromatic carbocycles. The van der Waals surface area contributed by atoms with E-state index in [-0.39, 0.29) is 19.1 Å². The highest BCUT2D eigenvalue weighted by atomic mass is 79.9. The summed E-state index contributed by atoms with van der Waals surface area (Å²) in [5.74, 6) is -2.72. The minimum absolute atomic E-state index is 0.286. The van der Waals surface area contributed by atoms with Gasteiger partial charge in [-0.05, 0) is 43.7 Å². The Morgan fingerprint density at radius 3 is 2.56 bits per heavy atom. The average Bonchev–Trinajstić information content (AvgIpc) is 2.88. The number of rotatable bonds is 5. The van der Waals surface area contributed by atoms with Crippen molar-refractivity contribution >= 4 is 22.0 Å². The number of carbonyl (C=O) groups is 1. The first kappa shape index (κ1) is 20.1. The third-order valence-electron chi connectivity index (χ3n) is 3.81. The summed E-state index contributed by atoms with van der Waals surface area (Å²) in [6, 6.07) is 0. The van der Waals surface area contributed by atoms with Gasteiger partial charge in [0, 0.05) is 26.7 Å². The maximum atomic E-state index is 13.4. The molecular weight excluding hydrogens is 398 g/mol. The lowest BCUT2D eigenvalue weighted by Crippen LogP contribution is -2.38. The van der Waals surface area contributed by atoms with Crippen LogP contribution in [0.2, 0.25) is 0 Å². The zero-order chi connectivity index (χ0) is 19.0. The first-order valence-electron chi connectivity index (χ1n) is 8.12. The van der Waals surface area contributed by atoms with Gasteiger partial charge in [0.25, 0.3) is 5.92 Å². The van der Waals surface area contributed by atoms with Gasteiger partial charge in [-0.3, -0.25) is 9.58 Å². The second-order valence-electron chi connectivity index (χ2n) is 7.54. The maximum Gasteiger partial charge on any atom is 0.410 e. The highest BCUT2D eigenvalue weighted by Crippen LogP contribution is 2.35. The largest absolute Gasteiger partial charge is 0.444 e. The van der Waals surface area contributed by atoms with E-state index in [0.717, 1.165) is 5.69 Å². The Bertz CT molecular complexity index is 643. The molecule has 6 nitrogen and oxygen atoms in total. The van der Waals surface area contributed by atoms with Gasteiger partial charge in [-0.2, -0.15) is 5.10 Å². The summed E-state index contributed by atoms with van der Waals surface area (Å²) in [6.07, 6.45) is -0.656. The van der Waals surface area contributed by atoms with Crippen LogP contribution in [0.4, 0.5) is 13.6 Å². The lowest BCUT2D eigenvalue weighted by molar-refractivity contribution is 0.000733. The van der Waals surface area contributed by atoms with Gasteiger partial charge < -0.3 is 9.64 Å². The fourth-order valence-corrected chi connectivity index (χ4v) is 3.09. The van der Waals surface area contributed by atoms with Crippen molar-refractivity contribution < 1.29 is 18.3 Å². The smallest absolute Gasteiger partial charge is 0.410 e. The van der Waals surface area contributed by atoms with Crippen LogP contribution < -0.4 is 0 Å². The number of carbonyl (C=O) groups excluding carboxylic acids is 1. The van der Waals surface area contributed by atoms with Crippen LogP contribution in [0.3, 0.4) is 0 Å². The van der Waals surface area contributed by atoms with E-state index < -0.39 is 11.5 Å². The fraction of sp³-hybridized carbons (Fsp3) is 0.750. The van der Waals surface area contributed by atoms with Crippen molar-refractivity contribution in [2.45, 2.75) is 51.8 Å². The Balaban J connectivity index is 1.86. The van der Waals surface area contributed by atoms with Gasteiger partial charge >= 0.3 is 6.09 Å². The number of ether oxygens (including phenoxy) is 1. The molecule has 2 heterocycles. The molecule has 0 unspecified atom stereocenters. The summed E-state index contributed by atoms with van der Waals surface area (Å²) in [6.45, 7) is 6.72. The topological polar surface area (TPSA) is 50.6 Å². The molecule has 2 rings (SSSR count). The SMILES string of the molecule is CN(CCN(C)C(=O)OC(C)(C)C)Cc1nn2c(c1Br)CC(F)(F)C2. The molecule has 142 valence electrons. The predicted molar refractivity (Wildman–Crippen MR) is 93.8 cm³/mol.